The molecule has 2 amide bonds. The van der Waals surface area contributed by atoms with Crippen LogP contribution in [0.1, 0.15) is 50.7 Å². The Hall–Kier alpha value is -2.24. The number of likely N-dealkylation sites (tertiary alicyclic amines) is 1. The van der Waals surface area contributed by atoms with Crippen LogP contribution >= 0.6 is 0 Å². The average Bonchev–Trinajstić information content (AvgIpc) is 2.86. The van der Waals surface area contributed by atoms with Crippen LogP contribution in [-0.2, 0) is 22.6 Å². The third kappa shape index (κ3) is 4.73. The maximum absolute atomic E-state index is 12.8. The molecule has 0 radical (unpaired) electrons. The predicted octanol–water partition coefficient (Wildman–Crippen LogP) is 2.77. The highest BCUT2D eigenvalue weighted by Gasteiger charge is 2.26. The summed E-state index contributed by atoms with van der Waals surface area (Å²) in [7, 11) is 0. The fourth-order valence-electron chi connectivity index (χ4n) is 3.78. The van der Waals surface area contributed by atoms with Crippen molar-refractivity contribution in [1.82, 2.24) is 9.80 Å². The second kappa shape index (κ2) is 9.11. The van der Waals surface area contributed by atoms with Crippen molar-refractivity contribution < 1.29 is 19.1 Å². The number of rotatable bonds is 6. The summed E-state index contributed by atoms with van der Waals surface area (Å²) in [4.78, 5) is 28.5. The van der Waals surface area contributed by atoms with Gasteiger partial charge in [0.05, 0.1) is 19.8 Å². The van der Waals surface area contributed by atoms with Gasteiger partial charge in [0.2, 0.25) is 11.8 Å². The average molecular weight is 374 g/mol. The number of amides is 2. The Morgan fingerprint density at radius 1 is 0.963 bits per heavy atom. The smallest absolute Gasteiger partial charge is 0.242 e. The van der Waals surface area contributed by atoms with Crippen molar-refractivity contribution in [2.75, 3.05) is 32.8 Å². The highest BCUT2D eigenvalue weighted by molar-refractivity contribution is 5.85. The predicted molar refractivity (Wildman–Crippen MR) is 103 cm³/mol. The van der Waals surface area contributed by atoms with Crippen molar-refractivity contribution in [2.45, 2.75) is 52.5 Å². The molecule has 0 atom stereocenters. The molecule has 27 heavy (non-hydrogen) atoms. The van der Waals surface area contributed by atoms with E-state index in [-0.39, 0.29) is 18.4 Å². The number of nitrogens with zero attached hydrogens (tertiary/aromatic N) is 2. The zero-order chi connectivity index (χ0) is 19.2. The van der Waals surface area contributed by atoms with E-state index in [2.05, 4.69) is 0 Å². The highest BCUT2D eigenvalue weighted by atomic mass is 16.5. The molecule has 6 nitrogen and oxygen atoms in total. The highest BCUT2D eigenvalue weighted by Crippen LogP contribution is 2.34. The quantitative estimate of drug-likeness (QED) is 0.768. The Morgan fingerprint density at radius 2 is 1.67 bits per heavy atom. The summed E-state index contributed by atoms with van der Waals surface area (Å²) in [6, 6.07) is 4.05. The van der Waals surface area contributed by atoms with Gasteiger partial charge < -0.3 is 19.3 Å². The minimum atomic E-state index is 0.0303. The Morgan fingerprint density at radius 3 is 2.37 bits per heavy atom. The number of fused-ring (bicyclic) bond motifs is 1. The van der Waals surface area contributed by atoms with E-state index < -0.39 is 0 Å². The monoisotopic (exact) mass is 374 g/mol. The van der Waals surface area contributed by atoms with E-state index >= 15 is 0 Å². The first-order valence-corrected chi connectivity index (χ1v) is 10.1. The molecule has 148 valence electrons. The van der Waals surface area contributed by atoms with E-state index in [1.54, 1.807) is 4.90 Å². The molecule has 2 aliphatic heterocycles. The lowest BCUT2D eigenvalue weighted by molar-refractivity contribution is -0.140. The van der Waals surface area contributed by atoms with Gasteiger partial charge in [-0.15, -0.1) is 0 Å². The molecule has 2 heterocycles. The minimum absolute atomic E-state index is 0.0303. The number of hydrogen-bond donors (Lipinski definition) is 0. The molecule has 1 fully saturated rings. The molecule has 0 unspecified atom stereocenters. The van der Waals surface area contributed by atoms with Crippen LogP contribution in [0.4, 0.5) is 0 Å². The number of carbonyl (C=O) groups is 2. The van der Waals surface area contributed by atoms with Gasteiger partial charge in [0.1, 0.15) is 0 Å². The van der Waals surface area contributed by atoms with Crippen LogP contribution in [0.5, 0.6) is 11.5 Å². The van der Waals surface area contributed by atoms with Gasteiger partial charge in [-0.3, -0.25) is 9.59 Å². The number of carbonyl (C=O) groups excluding carboxylic acids is 2. The molecular weight excluding hydrogens is 344 g/mol. The number of ether oxygens (including phenoxy) is 2. The lowest BCUT2D eigenvalue weighted by Crippen LogP contribution is -2.44. The van der Waals surface area contributed by atoms with Gasteiger partial charge in [-0.2, -0.15) is 0 Å². The van der Waals surface area contributed by atoms with Gasteiger partial charge in [0, 0.05) is 26.1 Å². The molecule has 0 spiro atoms. The van der Waals surface area contributed by atoms with Gasteiger partial charge in [-0.25, -0.2) is 0 Å². The number of benzene rings is 1. The molecule has 1 aromatic carbocycles. The van der Waals surface area contributed by atoms with Crippen molar-refractivity contribution in [1.29, 1.82) is 0 Å². The van der Waals surface area contributed by atoms with Gasteiger partial charge in [-0.05, 0) is 56.4 Å². The maximum atomic E-state index is 12.8. The van der Waals surface area contributed by atoms with Crippen LogP contribution < -0.4 is 9.47 Å². The summed E-state index contributed by atoms with van der Waals surface area (Å²) in [5, 5.41) is 0. The Bertz CT molecular complexity index is 689. The first kappa shape index (κ1) is 19.5. The summed E-state index contributed by atoms with van der Waals surface area (Å²) in [6.07, 6.45) is 4.34. The fourth-order valence-corrected chi connectivity index (χ4v) is 3.78. The van der Waals surface area contributed by atoms with E-state index in [4.69, 9.17) is 9.47 Å². The summed E-state index contributed by atoms with van der Waals surface area (Å²) in [6.45, 7) is 7.19. The number of hydrogen-bond acceptors (Lipinski definition) is 4. The molecule has 3 rings (SSSR count). The van der Waals surface area contributed by atoms with E-state index in [9.17, 15) is 9.59 Å². The molecule has 6 heteroatoms. The first-order valence-electron chi connectivity index (χ1n) is 10.1. The third-order valence-electron chi connectivity index (χ3n) is 5.23. The molecule has 0 aromatic heterocycles. The summed E-state index contributed by atoms with van der Waals surface area (Å²) in [5.74, 6) is 1.64. The van der Waals surface area contributed by atoms with Crippen molar-refractivity contribution in [3.63, 3.8) is 0 Å². The molecule has 0 saturated carbocycles. The van der Waals surface area contributed by atoms with Gasteiger partial charge >= 0.3 is 0 Å². The molecule has 0 N–H and O–H groups in total. The standard InChI is InChI=1S/C21H30N2O4/c1-3-26-18-12-16-9-11-23(14-17(16)13-19(18)27-4-2)21(25)15-22-10-7-5-6-8-20(22)24/h12-13H,3-11,14-15H2,1-2H3. The summed E-state index contributed by atoms with van der Waals surface area (Å²) >= 11 is 0. The van der Waals surface area contributed by atoms with Crippen molar-refractivity contribution in [3.8, 4) is 11.5 Å². The molecule has 1 aromatic rings. The lowest BCUT2D eigenvalue weighted by Gasteiger charge is -2.31. The Kier molecular flexibility index (Phi) is 6.58. The largest absolute Gasteiger partial charge is 0.490 e. The van der Waals surface area contributed by atoms with E-state index in [1.807, 2.05) is 30.9 Å². The van der Waals surface area contributed by atoms with E-state index in [0.29, 0.717) is 39.3 Å². The van der Waals surface area contributed by atoms with Crippen LogP contribution in [-0.4, -0.2) is 54.5 Å². The fraction of sp³-hybridized carbons (Fsp3) is 0.619. The molecule has 0 aliphatic carbocycles. The Labute approximate surface area is 161 Å². The third-order valence-corrected chi connectivity index (χ3v) is 5.23. The zero-order valence-electron chi connectivity index (χ0n) is 16.5. The SMILES string of the molecule is CCOc1cc2c(cc1OCC)CN(C(=O)CN1CCCCCC1=O)CC2. The maximum Gasteiger partial charge on any atom is 0.242 e. The van der Waals surface area contributed by atoms with E-state index in [1.165, 1.54) is 5.56 Å². The van der Waals surface area contributed by atoms with Gasteiger partial charge in [0.25, 0.3) is 0 Å². The first-order chi connectivity index (χ1) is 13.1. The molecule has 2 aliphatic rings. The van der Waals surface area contributed by atoms with Crippen LogP contribution in [0.25, 0.3) is 0 Å². The van der Waals surface area contributed by atoms with Gasteiger partial charge in [0.15, 0.2) is 11.5 Å². The second-order valence-corrected chi connectivity index (χ2v) is 7.12. The normalized spacial score (nSPS) is 17.3. The minimum Gasteiger partial charge on any atom is -0.490 e. The van der Waals surface area contributed by atoms with Gasteiger partial charge in [-0.1, -0.05) is 6.42 Å². The van der Waals surface area contributed by atoms with E-state index in [0.717, 1.165) is 42.7 Å². The summed E-state index contributed by atoms with van der Waals surface area (Å²) < 4.78 is 11.4. The lowest BCUT2D eigenvalue weighted by atomic mass is 9.98. The topological polar surface area (TPSA) is 59.1 Å². The van der Waals surface area contributed by atoms with Crippen LogP contribution in [0.3, 0.4) is 0 Å². The molecular formula is C21H30N2O4. The van der Waals surface area contributed by atoms with Crippen LogP contribution in [0, 0.1) is 0 Å². The summed E-state index contributed by atoms with van der Waals surface area (Å²) in [5.41, 5.74) is 2.31. The molecule has 0 bridgehead atoms. The molecule has 1 saturated heterocycles. The van der Waals surface area contributed by atoms with Crippen molar-refractivity contribution >= 4 is 11.8 Å². The second-order valence-electron chi connectivity index (χ2n) is 7.12. The zero-order valence-corrected chi connectivity index (χ0v) is 16.5. The Balaban J connectivity index is 1.70. The van der Waals surface area contributed by atoms with Crippen molar-refractivity contribution in [3.05, 3.63) is 23.3 Å². The van der Waals surface area contributed by atoms with Crippen LogP contribution in [0.15, 0.2) is 12.1 Å². The van der Waals surface area contributed by atoms with Crippen LogP contribution in [0.2, 0.25) is 0 Å². The van der Waals surface area contributed by atoms with Crippen molar-refractivity contribution in [2.24, 2.45) is 0 Å².